The molecule has 0 aromatic carbocycles. The molecule has 0 saturated carbocycles. The highest BCUT2D eigenvalue weighted by Gasteiger charge is 2.28. The minimum absolute atomic E-state index is 0.00666. The minimum atomic E-state index is -0.145. The maximum atomic E-state index is 12.5. The Morgan fingerprint density at radius 1 is 1.36 bits per heavy atom. The van der Waals surface area contributed by atoms with Crippen LogP contribution in [0.25, 0.3) is 0 Å². The summed E-state index contributed by atoms with van der Waals surface area (Å²) in [7, 11) is 3.78. The van der Waals surface area contributed by atoms with Crippen molar-refractivity contribution < 1.29 is 14.3 Å². The zero-order chi connectivity index (χ0) is 16.1. The molecule has 0 bridgehead atoms. The normalized spacial score (nSPS) is 15.5. The number of ether oxygens (including phenoxy) is 1. The molecule has 0 radical (unpaired) electrons. The second-order valence-electron chi connectivity index (χ2n) is 5.62. The fraction of sp³-hybridized carbons (Fsp3) is 0.562. The summed E-state index contributed by atoms with van der Waals surface area (Å²) in [6.45, 7) is 3.38. The van der Waals surface area contributed by atoms with Crippen LogP contribution in [0, 0.1) is 5.92 Å². The first-order valence-corrected chi connectivity index (χ1v) is 7.62. The summed E-state index contributed by atoms with van der Waals surface area (Å²) in [5.41, 5.74) is 0.633. The Morgan fingerprint density at radius 3 is 2.64 bits per heavy atom. The molecule has 6 heteroatoms. The van der Waals surface area contributed by atoms with E-state index < -0.39 is 0 Å². The summed E-state index contributed by atoms with van der Waals surface area (Å²) in [6.07, 6.45) is 2.97. The number of rotatable bonds is 4. The molecule has 1 aromatic heterocycles. The summed E-state index contributed by atoms with van der Waals surface area (Å²) in [6, 6.07) is 3.52. The molecule has 2 heterocycles. The number of nitrogens with zero attached hydrogens (tertiary/aromatic N) is 3. The number of likely N-dealkylation sites (tertiary alicyclic amines) is 1. The largest absolute Gasteiger partial charge is 0.466 e. The van der Waals surface area contributed by atoms with Crippen LogP contribution in [0.1, 0.15) is 30.1 Å². The van der Waals surface area contributed by atoms with Crippen molar-refractivity contribution in [1.82, 2.24) is 9.88 Å². The highest BCUT2D eigenvalue weighted by Crippen LogP contribution is 2.21. The van der Waals surface area contributed by atoms with Gasteiger partial charge in [0.25, 0.3) is 5.91 Å². The molecular weight excluding hydrogens is 282 g/mol. The second kappa shape index (κ2) is 7.24. The lowest BCUT2D eigenvalue weighted by atomic mass is 9.96. The van der Waals surface area contributed by atoms with Crippen LogP contribution in [-0.2, 0) is 9.53 Å². The summed E-state index contributed by atoms with van der Waals surface area (Å²) >= 11 is 0. The molecule has 1 fully saturated rings. The molecule has 1 saturated heterocycles. The van der Waals surface area contributed by atoms with Crippen LogP contribution in [0.4, 0.5) is 5.82 Å². The van der Waals surface area contributed by atoms with Gasteiger partial charge in [-0.1, -0.05) is 0 Å². The van der Waals surface area contributed by atoms with Crippen molar-refractivity contribution in [3.05, 3.63) is 23.9 Å². The molecule has 1 aliphatic heterocycles. The molecule has 1 amide bonds. The smallest absolute Gasteiger partial charge is 0.309 e. The maximum Gasteiger partial charge on any atom is 0.309 e. The topological polar surface area (TPSA) is 62.7 Å². The van der Waals surface area contributed by atoms with E-state index in [2.05, 4.69) is 4.98 Å². The van der Waals surface area contributed by atoms with Crippen LogP contribution in [0.3, 0.4) is 0 Å². The lowest BCUT2D eigenvalue weighted by molar-refractivity contribution is -0.149. The van der Waals surface area contributed by atoms with Gasteiger partial charge in [0.1, 0.15) is 5.82 Å². The Bertz CT molecular complexity index is 537. The number of aromatic nitrogens is 1. The summed E-state index contributed by atoms with van der Waals surface area (Å²) in [4.78, 5) is 32.1. The van der Waals surface area contributed by atoms with Gasteiger partial charge in [-0.25, -0.2) is 4.98 Å². The summed E-state index contributed by atoms with van der Waals surface area (Å²) < 4.78 is 5.05. The quantitative estimate of drug-likeness (QED) is 0.790. The van der Waals surface area contributed by atoms with Crippen LogP contribution in [-0.4, -0.2) is 55.6 Å². The van der Waals surface area contributed by atoms with E-state index in [1.54, 1.807) is 23.2 Å². The van der Waals surface area contributed by atoms with Gasteiger partial charge in [0.15, 0.2) is 0 Å². The van der Waals surface area contributed by atoms with Crippen molar-refractivity contribution in [3.8, 4) is 0 Å². The van der Waals surface area contributed by atoms with Gasteiger partial charge in [-0.3, -0.25) is 9.59 Å². The number of piperidine rings is 1. The molecule has 0 atom stereocenters. The van der Waals surface area contributed by atoms with E-state index >= 15 is 0 Å². The Labute approximate surface area is 131 Å². The van der Waals surface area contributed by atoms with E-state index in [-0.39, 0.29) is 17.8 Å². The van der Waals surface area contributed by atoms with Gasteiger partial charge < -0.3 is 14.5 Å². The second-order valence-corrected chi connectivity index (χ2v) is 5.62. The molecule has 120 valence electrons. The first-order valence-electron chi connectivity index (χ1n) is 7.62. The Hall–Kier alpha value is -2.11. The number of pyridine rings is 1. The monoisotopic (exact) mass is 305 g/mol. The van der Waals surface area contributed by atoms with E-state index in [0.717, 1.165) is 5.82 Å². The lowest BCUT2D eigenvalue weighted by Gasteiger charge is -2.31. The van der Waals surface area contributed by atoms with Gasteiger partial charge in [0.05, 0.1) is 12.5 Å². The zero-order valence-electron chi connectivity index (χ0n) is 13.4. The predicted molar refractivity (Wildman–Crippen MR) is 83.8 cm³/mol. The number of amides is 1. The SMILES string of the molecule is CCOC(=O)C1CCN(C(=O)c2ccnc(N(C)C)c2)CC1. The van der Waals surface area contributed by atoms with E-state index in [1.807, 2.05) is 25.9 Å². The predicted octanol–water partition coefficient (Wildman–Crippen LogP) is 1.56. The molecule has 1 aromatic rings. The van der Waals surface area contributed by atoms with E-state index in [1.165, 1.54) is 0 Å². The van der Waals surface area contributed by atoms with Crippen LogP contribution < -0.4 is 4.90 Å². The average Bonchev–Trinajstić information content (AvgIpc) is 2.54. The van der Waals surface area contributed by atoms with E-state index in [4.69, 9.17) is 4.74 Å². The van der Waals surface area contributed by atoms with Gasteiger partial charge >= 0.3 is 5.97 Å². The van der Waals surface area contributed by atoms with Gasteiger partial charge in [-0.05, 0) is 31.9 Å². The van der Waals surface area contributed by atoms with Crippen LogP contribution in [0.5, 0.6) is 0 Å². The van der Waals surface area contributed by atoms with Crippen LogP contribution in [0.2, 0.25) is 0 Å². The number of esters is 1. The number of anilines is 1. The Kier molecular flexibility index (Phi) is 5.35. The number of hydrogen-bond donors (Lipinski definition) is 0. The van der Waals surface area contributed by atoms with E-state index in [0.29, 0.717) is 38.1 Å². The van der Waals surface area contributed by atoms with Crippen LogP contribution in [0.15, 0.2) is 18.3 Å². The number of hydrogen-bond acceptors (Lipinski definition) is 5. The first kappa shape index (κ1) is 16.3. The standard InChI is InChI=1S/C16H23N3O3/c1-4-22-16(21)12-6-9-19(10-7-12)15(20)13-5-8-17-14(11-13)18(2)3/h5,8,11-12H,4,6-7,9-10H2,1-3H3. The minimum Gasteiger partial charge on any atom is -0.466 e. The zero-order valence-corrected chi connectivity index (χ0v) is 13.4. The molecule has 0 spiro atoms. The Morgan fingerprint density at radius 2 is 2.05 bits per heavy atom. The van der Waals surface area contributed by atoms with Gasteiger partial charge in [-0.15, -0.1) is 0 Å². The molecule has 0 unspecified atom stereocenters. The highest BCUT2D eigenvalue weighted by atomic mass is 16.5. The lowest BCUT2D eigenvalue weighted by Crippen LogP contribution is -2.40. The number of carbonyl (C=O) groups is 2. The third-order valence-electron chi connectivity index (χ3n) is 3.85. The molecule has 0 aliphatic carbocycles. The third-order valence-corrected chi connectivity index (χ3v) is 3.85. The molecule has 6 nitrogen and oxygen atoms in total. The van der Waals surface area contributed by atoms with Crippen molar-refractivity contribution in [2.75, 3.05) is 38.7 Å². The van der Waals surface area contributed by atoms with Crippen molar-refractivity contribution in [3.63, 3.8) is 0 Å². The van der Waals surface area contributed by atoms with Crippen molar-refractivity contribution >= 4 is 17.7 Å². The van der Waals surface area contributed by atoms with Gasteiger partial charge in [-0.2, -0.15) is 0 Å². The molecular formula is C16H23N3O3. The van der Waals surface area contributed by atoms with Gasteiger partial charge in [0, 0.05) is 38.9 Å². The van der Waals surface area contributed by atoms with E-state index in [9.17, 15) is 9.59 Å². The molecule has 22 heavy (non-hydrogen) atoms. The maximum absolute atomic E-state index is 12.5. The van der Waals surface area contributed by atoms with Crippen molar-refractivity contribution in [2.24, 2.45) is 5.92 Å². The molecule has 2 rings (SSSR count). The highest BCUT2D eigenvalue weighted by molar-refractivity contribution is 5.95. The fourth-order valence-corrected chi connectivity index (χ4v) is 2.56. The average molecular weight is 305 g/mol. The van der Waals surface area contributed by atoms with Crippen LogP contribution >= 0.6 is 0 Å². The molecule has 0 N–H and O–H groups in total. The summed E-state index contributed by atoms with van der Waals surface area (Å²) in [5.74, 6) is 0.521. The summed E-state index contributed by atoms with van der Waals surface area (Å²) in [5, 5.41) is 0. The van der Waals surface area contributed by atoms with Crippen molar-refractivity contribution in [1.29, 1.82) is 0 Å². The fourth-order valence-electron chi connectivity index (χ4n) is 2.56. The van der Waals surface area contributed by atoms with Crippen molar-refractivity contribution in [2.45, 2.75) is 19.8 Å². The molecule has 1 aliphatic rings. The van der Waals surface area contributed by atoms with Gasteiger partial charge in [0.2, 0.25) is 0 Å². The Balaban J connectivity index is 1.98. The third kappa shape index (κ3) is 3.75. The first-order chi connectivity index (χ1) is 10.5. The number of carbonyl (C=O) groups excluding carboxylic acids is 2.